The van der Waals surface area contributed by atoms with Crippen molar-refractivity contribution in [3.8, 4) is 0 Å². The lowest BCUT2D eigenvalue weighted by Crippen LogP contribution is -2.30. The van der Waals surface area contributed by atoms with E-state index in [0.29, 0.717) is 25.9 Å². The van der Waals surface area contributed by atoms with Crippen molar-refractivity contribution in [3.63, 3.8) is 0 Å². The highest BCUT2D eigenvalue weighted by Gasteiger charge is 2.10. The lowest BCUT2D eigenvalue weighted by atomic mass is 10.4. The largest absolute Gasteiger partial charge is 0.409 e. The van der Waals surface area contributed by atoms with E-state index in [-0.39, 0.29) is 17.3 Å². The molecule has 0 saturated heterocycles. The highest BCUT2D eigenvalue weighted by Crippen LogP contribution is 1.96. The van der Waals surface area contributed by atoms with E-state index < -0.39 is 9.84 Å². The predicted octanol–water partition coefficient (Wildman–Crippen LogP) is -0.120. The van der Waals surface area contributed by atoms with Gasteiger partial charge in [-0.1, -0.05) is 12.1 Å². The van der Waals surface area contributed by atoms with E-state index in [1.165, 1.54) is 0 Å². The molecule has 0 aliphatic carbocycles. The summed E-state index contributed by atoms with van der Waals surface area (Å²) in [6, 6.07) is 0. The molecule has 0 aliphatic heterocycles. The summed E-state index contributed by atoms with van der Waals surface area (Å²) in [4.78, 5) is 1.85. The summed E-state index contributed by atoms with van der Waals surface area (Å²) < 4.78 is 22.8. The third-order valence-electron chi connectivity index (χ3n) is 2.18. The molecule has 0 atom stereocenters. The molecule has 0 fully saturated rings. The molecule has 0 saturated carbocycles. The van der Waals surface area contributed by atoms with E-state index in [0.717, 1.165) is 0 Å². The van der Waals surface area contributed by atoms with Crippen LogP contribution in [0.4, 0.5) is 0 Å². The first-order chi connectivity index (χ1) is 7.41. The predicted molar refractivity (Wildman–Crippen MR) is 64.5 cm³/mol. The van der Waals surface area contributed by atoms with Gasteiger partial charge in [0.2, 0.25) is 0 Å². The molecular formula is C9H21N3O3S. The summed E-state index contributed by atoms with van der Waals surface area (Å²) in [5.74, 6) is 0.553. The number of oxime groups is 1. The van der Waals surface area contributed by atoms with Crippen LogP contribution in [0, 0.1) is 0 Å². The Kier molecular flexibility index (Phi) is 7.07. The molecule has 16 heavy (non-hydrogen) atoms. The van der Waals surface area contributed by atoms with Gasteiger partial charge in [-0.15, -0.1) is 0 Å². The van der Waals surface area contributed by atoms with E-state index in [4.69, 9.17) is 10.9 Å². The number of hydrogen-bond acceptors (Lipinski definition) is 5. The smallest absolute Gasteiger partial charge is 0.151 e. The van der Waals surface area contributed by atoms with Gasteiger partial charge in [-0.25, -0.2) is 8.42 Å². The van der Waals surface area contributed by atoms with E-state index in [1.807, 2.05) is 18.9 Å². The van der Waals surface area contributed by atoms with Crippen LogP contribution < -0.4 is 5.73 Å². The fourth-order valence-electron chi connectivity index (χ4n) is 1.18. The zero-order valence-corrected chi connectivity index (χ0v) is 10.7. The van der Waals surface area contributed by atoms with Crippen LogP contribution >= 0.6 is 0 Å². The molecule has 0 rings (SSSR count). The Hall–Kier alpha value is -0.820. The normalized spacial score (nSPS) is 13.3. The van der Waals surface area contributed by atoms with Crippen molar-refractivity contribution in [1.29, 1.82) is 0 Å². The average molecular weight is 251 g/mol. The van der Waals surface area contributed by atoms with Crippen molar-refractivity contribution in [2.24, 2.45) is 10.9 Å². The van der Waals surface area contributed by atoms with Crippen LogP contribution in [-0.4, -0.2) is 56.0 Å². The Balaban J connectivity index is 3.85. The summed E-state index contributed by atoms with van der Waals surface area (Å²) in [5, 5.41) is 11.2. The molecule has 0 heterocycles. The van der Waals surface area contributed by atoms with Gasteiger partial charge >= 0.3 is 0 Å². The fraction of sp³-hybridized carbons (Fsp3) is 0.889. The van der Waals surface area contributed by atoms with Crippen molar-refractivity contribution in [2.75, 3.05) is 31.6 Å². The van der Waals surface area contributed by atoms with Gasteiger partial charge in [0.25, 0.3) is 0 Å². The number of rotatable bonds is 8. The van der Waals surface area contributed by atoms with Gasteiger partial charge in [0.05, 0.1) is 5.75 Å². The molecular weight excluding hydrogens is 230 g/mol. The zero-order chi connectivity index (χ0) is 12.6. The number of nitrogens with two attached hydrogens (primary N) is 1. The first-order valence-corrected chi connectivity index (χ1v) is 7.08. The van der Waals surface area contributed by atoms with Crippen molar-refractivity contribution in [2.45, 2.75) is 19.8 Å². The molecule has 0 radical (unpaired) electrons. The average Bonchev–Trinajstić information content (AvgIpc) is 2.23. The Labute approximate surface area is 97.0 Å². The summed E-state index contributed by atoms with van der Waals surface area (Å²) in [6.07, 6.45) is 1.08. The van der Waals surface area contributed by atoms with E-state index in [9.17, 15) is 8.42 Å². The molecule has 0 amide bonds. The molecule has 0 aliphatic rings. The van der Waals surface area contributed by atoms with Gasteiger partial charge in [0.15, 0.2) is 9.84 Å². The second-order valence-electron chi connectivity index (χ2n) is 3.80. The van der Waals surface area contributed by atoms with Crippen LogP contribution in [-0.2, 0) is 9.84 Å². The van der Waals surface area contributed by atoms with Gasteiger partial charge in [0.1, 0.15) is 5.84 Å². The van der Waals surface area contributed by atoms with Gasteiger partial charge in [-0.3, -0.25) is 0 Å². The quantitative estimate of drug-likeness (QED) is 0.271. The van der Waals surface area contributed by atoms with E-state index >= 15 is 0 Å². The van der Waals surface area contributed by atoms with Crippen LogP contribution in [0.2, 0.25) is 0 Å². The molecule has 3 N–H and O–H groups in total. The molecule has 0 bridgehead atoms. The minimum Gasteiger partial charge on any atom is -0.409 e. The number of sulfone groups is 1. The zero-order valence-electron chi connectivity index (χ0n) is 9.89. The summed E-state index contributed by atoms with van der Waals surface area (Å²) in [6.45, 7) is 2.90. The molecule has 96 valence electrons. The van der Waals surface area contributed by atoms with Crippen molar-refractivity contribution in [1.82, 2.24) is 4.90 Å². The SMILES string of the molecule is CCCS(=O)(=O)CCN(C)CCC(N)=NO. The highest BCUT2D eigenvalue weighted by atomic mass is 32.2. The summed E-state index contributed by atoms with van der Waals surface area (Å²) >= 11 is 0. The summed E-state index contributed by atoms with van der Waals surface area (Å²) in [7, 11) is -1.11. The van der Waals surface area contributed by atoms with Gasteiger partial charge in [-0.2, -0.15) is 0 Å². The van der Waals surface area contributed by atoms with Crippen LogP contribution in [0.1, 0.15) is 19.8 Å². The summed E-state index contributed by atoms with van der Waals surface area (Å²) in [5.41, 5.74) is 5.31. The maximum Gasteiger partial charge on any atom is 0.151 e. The molecule has 6 nitrogen and oxygen atoms in total. The Morgan fingerprint density at radius 1 is 1.38 bits per heavy atom. The molecule has 0 aromatic rings. The van der Waals surface area contributed by atoms with Gasteiger partial charge < -0.3 is 15.8 Å². The third-order valence-corrected chi connectivity index (χ3v) is 4.01. The molecule has 0 aromatic heterocycles. The molecule has 0 spiro atoms. The monoisotopic (exact) mass is 251 g/mol. The lowest BCUT2D eigenvalue weighted by Gasteiger charge is -2.15. The highest BCUT2D eigenvalue weighted by molar-refractivity contribution is 7.91. The van der Waals surface area contributed by atoms with Crippen molar-refractivity contribution >= 4 is 15.7 Å². The first-order valence-electron chi connectivity index (χ1n) is 5.26. The minimum absolute atomic E-state index is 0.156. The number of hydrogen-bond donors (Lipinski definition) is 2. The standard InChI is InChI=1S/C9H21N3O3S/c1-3-7-16(14,15)8-6-12(2)5-4-9(10)11-13/h13H,3-8H2,1-2H3,(H2,10,11). The topological polar surface area (TPSA) is 96.0 Å². The molecule has 0 aromatic carbocycles. The van der Waals surface area contributed by atoms with Crippen LogP contribution in [0.25, 0.3) is 0 Å². The van der Waals surface area contributed by atoms with Crippen LogP contribution in [0.5, 0.6) is 0 Å². The Morgan fingerprint density at radius 3 is 2.50 bits per heavy atom. The van der Waals surface area contributed by atoms with Crippen molar-refractivity contribution < 1.29 is 13.6 Å². The number of nitrogens with zero attached hydrogens (tertiary/aromatic N) is 2. The van der Waals surface area contributed by atoms with Crippen LogP contribution in [0.15, 0.2) is 5.16 Å². The van der Waals surface area contributed by atoms with Gasteiger partial charge in [0, 0.05) is 25.3 Å². The Bertz CT molecular complexity index is 314. The Morgan fingerprint density at radius 2 is 2.00 bits per heavy atom. The van der Waals surface area contributed by atoms with Gasteiger partial charge in [-0.05, 0) is 13.5 Å². The van der Waals surface area contributed by atoms with E-state index in [1.54, 1.807) is 0 Å². The molecule has 7 heteroatoms. The van der Waals surface area contributed by atoms with E-state index in [2.05, 4.69) is 5.16 Å². The molecule has 0 unspecified atom stereocenters. The lowest BCUT2D eigenvalue weighted by molar-refractivity contribution is 0.313. The maximum absolute atomic E-state index is 11.4. The minimum atomic E-state index is -2.92. The first kappa shape index (κ1) is 15.2. The second kappa shape index (κ2) is 7.45. The number of amidine groups is 1. The van der Waals surface area contributed by atoms with Crippen LogP contribution in [0.3, 0.4) is 0 Å². The third kappa shape index (κ3) is 7.47. The maximum atomic E-state index is 11.4. The fourth-order valence-corrected chi connectivity index (χ4v) is 2.59. The second-order valence-corrected chi connectivity index (χ2v) is 6.10. The van der Waals surface area contributed by atoms with Crippen molar-refractivity contribution in [3.05, 3.63) is 0 Å².